The fourth-order valence-electron chi connectivity index (χ4n) is 2.05. The van der Waals surface area contributed by atoms with Crippen LogP contribution in [0.3, 0.4) is 0 Å². The lowest BCUT2D eigenvalue weighted by atomic mass is 10.3. The SMILES string of the molecule is CCN(C(=O)CSC(C)CCN)C1=CCCC1. The molecule has 0 fully saturated rings. The van der Waals surface area contributed by atoms with Crippen molar-refractivity contribution in [2.75, 3.05) is 18.8 Å². The number of thioether (sulfide) groups is 1. The first-order chi connectivity index (χ1) is 8.19. The Morgan fingerprint density at radius 1 is 1.65 bits per heavy atom. The largest absolute Gasteiger partial charge is 0.330 e. The van der Waals surface area contributed by atoms with E-state index in [0.29, 0.717) is 17.5 Å². The van der Waals surface area contributed by atoms with E-state index >= 15 is 0 Å². The highest BCUT2D eigenvalue weighted by Crippen LogP contribution is 2.23. The number of rotatable bonds is 7. The van der Waals surface area contributed by atoms with Crippen LogP contribution in [0, 0.1) is 0 Å². The van der Waals surface area contributed by atoms with E-state index in [2.05, 4.69) is 13.0 Å². The van der Waals surface area contributed by atoms with Crippen LogP contribution in [-0.2, 0) is 4.79 Å². The molecule has 0 aliphatic heterocycles. The van der Waals surface area contributed by atoms with Gasteiger partial charge >= 0.3 is 0 Å². The zero-order valence-corrected chi connectivity index (χ0v) is 11.8. The van der Waals surface area contributed by atoms with Gasteiger partial charge in [-0.2, -0.15) is 0 Å². The van der Waals surface area contributed by atoms with Gasteiger partial charge in [-0.3, -0.25) is 4.79 Å². The second-order valence-corrected chi connectivity index (χ2v) is 5.85. The molecular weight excluding hydrogens is 232 g/mol. The molecule has 0 radical (unpaired) electrons. The molecular formula is C13H24N2OS. The van der Waals surface area contributed by atoms with Crippen LogP contribution in [0.5, 0.6) is 0 Å². The number of allylic oxidation sites excluding steroid dienone is 2. The van der Waals surface area contributed by atoms with Crippen molar-refractivity contribution >= 4 is 17.7 Å². The summed E-state index contributed by atoms with van der Waals surface area (Å²) in [5.41, 5.74) is 6.73. The molecule has 0 aromatic rings. The van der Waals surface area contributed by atoms with Gasteiger partial charge in [-0.05, 0) is 39.2 Å². The summed E-state index contributed by atoms with van der Waals surface area (Å²) < 4.78 is 0. The van der Waals surface area contributed by atoms with Crippen molar-refractivity contribution in [1.29, 1.82) is 0 Å². The molecule has 0 saturated carbocycles. The van der Waals surface area contributed by atoms with E-state index in [-0.39, 0.29) is 5.91 Å². The van der Waals surface area contributed by atoms with Gasteiger partial charge in [0.25, 0.3) is 0 Å². The van der Waals surface area contributed by atoms with E-state index in [9.17, 15) is 4.79 Å². The predicted molar refractivity (Wildman–Crippen MR) is 74.9 cm³/mol. The maximum absolute atomic E-state index is 12.1. The fourth-order valence-corrected chi connectivity index (χ4v) is 2.93. The van der Waals surface area contributed by atoms with Gasteiger partial charge in [-0.25, -0.2) is 0 Å². The molecule has 1 amide bonds. The third-order valence-corrected chi connectivity index (χ3v) is 4.26. The standard InChI is InChI=1S/C13H24N2OS/c1-3-15(12-6-4-5-7-12)13(16)10-17-11(2)8-9-14/h6,11H,3-5,7-10,14H2,1-2H3. The normalized spacial score (nSPS) is 16.8. The van der Waals surface area contributed by atoms with Crippen molar-refractivity contribution in [3.63, 3.8) is 0 Å². The Morgan fingerprint density at radius 2 is 2.41 bits per heavy atom. The molecule has 0 aromatic heterocycles. The number of amides is 1. The minimum absolute atomic E-state index is 0.245. The average Bonchev–Trinajstić information content (AvgIpc) is 2.81. The first-order valence-electron chi connectivity index (χ1n) is 6.50. The molecule has 17 heavy (non-hydrogen) atoms. The molecule has 0 saturated heterocycles. The highest BCUT2D eigenvalue weighted by Gasteiger charge is 2.18. The van der Waals surface area contributed by atoms with Crippen molar-refractivity contribution in [1.82, 2.24) is 4.90 Å². The quantitative estimate of drug-likeness (QED) is 0.760. The molecule has 98 valence electrons. The van der Waals surface area contributed by atoms with Crippen molar-refractivity contribution < 1.29 is 4.79 Å². The van der Waals surface area contributed by atoms with Crippen molar-refractivity contribution in [3.8, 4) is 0 Å². The minimum atomic E-state index is 0.245. The number of carbonyl (C=O) groups is 1. The van der Waals surface area contributed by atoms with E-state index in [1.54, 1.807) is 11.8 Å². The van der Waals surface area contributed by atoms with Gasteiger partial charge in [0.05, 0.1) is 5.75 Å². The predicted octanol–water partition coefficient (Wildman–Crippen LogP) is 2.37. The van der Waals surface area contributed by atoms with Crippen LogP contribution >= 0.6 is 11.8 Å². The molecule has 1 atom stereocenters. The van der Waals surface area contributed by atoms with E-state index < -0.39 is 0 Å². The Labute approximate surface area is 109 Å². The topological polar surface area (TPSA) is 46.3 Å². The molecule has 0 aromatic carbocycles. The van der Waals surface area contributed by atoms with Crippen molar-refractivity contribution in [2.24, 2.45) is 5.73 Å². The third kappa shape index (κ3) is 4.72. The van der Waals surface area contributed by atoms with Gasteiger partial charge < -0.3 is 10.6 Å². The van der Waals surface area contributed by atoms with Gasteiger partial charge in [-0.1, -0.05) is 13.0 Å². The Kier molecular flexibility index (Phi) is 6.66. The van der Waals surface area contributed by atoms with E-state index in [1.165, 1.54) is 12.1 Å². The van der Waals surface area contributed by atoms with E-state index in [4.69, 9.17) is 5.73 Å². The minimum Gasteiger partial charge on any atom is -0.330 e. The Bertz CT molecular complexity index is 279. The maximum atomic E-state index is 12.1. The van der Waals surface area contributed by atoms with Crippen LogP contribution in [-0.4, -0.2) is 34.9 Å². The lowest BCUT2D eigenvalue weighted by molar-refractivity contribution is -0.126. The van der Waals surface area contributed by atoms with E-state index in [1.807, 2.05) is 11.8 Å². The summed E-state index contributed by atoms with van der Waals surface area (Å²) in [6.45, 7) is 5.67. The van der Waals surface area contributed by atoms with E-state index in [0.717, 1.165) is 25.8 Å². The summed E-state index contributed by atoms with van der Waals surface area (Å²) in [4.78, 5) is 14.0. The number of nitrogens with zero attached hydrogens (tertiary/aromatic N) is 1. The Morgan fingerprint density at radius 3 is 2.94 bits per heavy atom. The number of carbonyl (C=O) groups excluding carboxylic acids is 1. The molecule has 1 aliphatic carbocycles. The van der Waals surface area contributed by atoms with Crippen LogP contribution in [0.4, 0.5) is 0 Å². The first kappa shape index (κ1) is 14.6. The number of hydrogen-bond donors (Lipinski definition) is 1. The number of nitrogens with two attached hydrogens (primary N) is 1. The van der Waals surface area contributed by atoms with Crippen molar-refractivity contribution in [2.45, 2.75) is 44.8 Å². The lowest BCUT2D eigenvalue weighted by Gasteiger charge is -2.22. The van der Waals surface area contributed by atoms with Crippen LogP contribution in [0.25, 0.3) is 0 Å². The molecule has 1 aliphatic rings. The average molecular weight is 256 g/mol. The van der Waals surface area contributed by atoms with Gasteiger partial charge in [0, 0.05) is 17.5 Å². The van der Waals surface area contributed by atoms with Crippen LogP contribution < -0.4 is 5.73 Å². The molecule has 0 bridgehead atoms. The lowest BCUT2D eigenvalue weighted by Crippen LogP contribution is -2.31. The van der Waals surface area contributed by atoms with Gasteiger partial charge in [0.15, 0.2) is 0 Å². The van der Waals surface area contributed by atoms with Crippen LogP contribution in [0.1, 0.15) is 39.5 Å². The van der Waals surface area contributed by atoms with Gasteiger partial charge in [-0.15, -0.1) is 11.8 Å². The molecule has 3 nitrogen and oxygen atoms in total. The first-order valence-corrected chi connectivity index (χ1v) is 7.55. The summed E-state index contributed by atoms with van der Waals surface area (Å²) in [6.07, 6.45) is 6.55. The third-order valence-electron chi connectivity index (χ3n) is 3.05. The smallest absolute Gasteiger partial charge is 0.236 e. The summed E-state index contributed by atoms with van der Waals surface area (Å²) >= 11 is 1.71. The van der Waals surface area contributed by atoms with Gasteiger partial charge in [0.1, 0.15) is 0 Å². The molecule has 0 spiro atoms. The summed E-state index contributed by atoms with van der Waals surface area (Å²) in [6, 6.07) is 0. The molecule has 0 heterocycles. The molecule has 4 heteroatoms. The monoisotopic (exact) mass is 256 g/mol. The van der Waals surface area contributed by atoms with Crippen LogP contribution in [0.2, 0.25) is 0 Å². The molecule has 2 N–H and O–H groups in total. The number of hydrogen-bond acceptors (Lipinski definition) is 3. The van der Waals surface area contributed by atoms with Gasteiger partial charge in [0.2, 0.25) is 5.91 Å². The highest BCUT2D eigenvalue weighted by molar-refractivity contribution is 8.00. The molecule has 1 unspecified atom stereocenters. The van der Waals surface area contributed by atoms with Crippen LogP contribution in [0.15, 0.2) is 11.8 Å². The Hall–Kier alpha value is -0.480. The maximum Gasteiger partial charge on any atom is 0.236 e. The Balaban J connectivity index is 2.39. The molecule has 1 rings (SSSR count). The summed E-state index contributed by atoms with van der Waals surface area (Å²) in [5.74, 6) is 0.821. The van der Waals surface area contributed by atoms with Crippen molar-refractivity contribution in [3.05, 3.63) is 11.8 Å². The second kappa shape index (κ2) is 7.77. The summed E-state index contributed by atoms with van der Waals surface area (Å²) in [7, 11) is 0. The second-order valence-electron chi connectivity index (χ2n) is 4.42. The summed E-state index contributed by atoms with van der Waals surface area (Å²) in [5, 5.41) is 0.472. The highest BCUT2D eigenvalue weighted by atomic mass is 32.2. The zero-order valence-electron chi connectivity index (χ0n) is 10.9. The zero-order chi connectivity index (χ0) is 12.7. The fraction of sp³-hybridized carbons (Fsp3) is 0.769.